The third-order valence-corrected chi connectivity index (χ3v) is 8.53. The Morgan fingerprint density at radius 1 is 0.405 bits per heavy atom. The first kappa shape index (κ1) is 39.0. The zero-order valence-corrected chi connectivity index (χ0v) is 29.5. The van der Waals surface area contributed by atoms with Crippen LogP contribution in [0.2, 0.25) is 0 Å². The van der Waals surface area contributed by atoms with Gasteiger partial charge in [0, 0.05) is 12.8 Å². The number of ether oxygens (including phenoxy) is 2. The van der Waals surface area contributed by atoms with Crippen LogP contribution in [0.3, 0.4) is 0 Å². The van der Waals surface area contributed by atoms with Crippen LogP contribution >= 0.6 is 0 Å². The van der Waals surface area contributed by atoms with Crippen LogP contribution in [0.4, 0.5) is 0 Å². The normalized spacial score (nSPS) is 16.8. The second kappa shape index (κ2) is 25.3. The van der Waals surface area contributed by atoms with Crippen LogP contribution in [-0.2, 0) is 9.47 Å². The van der Waals surface area contributed by atoms with Gasteiger partial charge in [0.1, 0.15) is 13.2 Å². The lowest BCUT2D eigenvalue weighted by Gasteiger charge is -2.07. The molecule has 2 aliphatic rings. The number of aliphatic imine (C=N–C) groups is 2. The maximum Gasteiger partial charge on any atom is 0.183 e. The summed E-state index contributed by atoms with van der Waals surface area (Å²) in [4.78, 5) is 9.21. The molecule has 0 spiro atoms. The fraction of sp³-hybridized carbons (Fsp3) is 0.947. The van der Waals surface area contributed by atoms with Crippen molar-refractivity contribution in [1.29, 1.82) is 0 Å². The smallest absolute Gasteiger partial charge is 0.183 e. The maximum atomic E-state index is 5.63. The molecule has 4 nitrogen and oxygen atoms in total. The highest BCUT2D eigenvalue weighted by Crippen LogP contribution is 2.21. The van der Waals surface area contributed by atoms with E-state index in [1.807, 2.05) is 0 Å². The Kier molecular flexibility index (Phi) is 23.5. The molecule has 0 aromatic carbocycles. The molecule has 0 saturated heterocycles. The average Bonchev–Trinajstić information content (AvgIpc) is 3.49. The number of nitrogens with zero attached hydrogens (tertiary/aromatic N) is 2. The van der Waals surface area contributed by atoms with E-state index in [2.05, 4.69) is 51.5 Å². The van der Waals surface area contributed by atoms with Gasteiger partial charge in [-0.1, -0.05) is 155 Å². The summed E-state index contributed by atoms with van der Waals surface area (Å²) in [7, 11) is 0. The first-order valence-corrected chi connectivity index (χ1v) is 18.7. The molecule has 2 aliphatic heterocycles. The van der Waals surface area contributed by atoms with E-state index in [-0.39, 0.29) is 11.1 Å². The average molecular weight is 591 g/mol. The summed E-state index contributed by atoms with van der Waals surface area (Å²) in [6.07, 6.45) is 35.7. The molecule has 0 saturated carbocycles. The zero-order chi connectivity index (χ0) is 30.8. The Bertz CT molecular complexity index is 683. The quantitative estimate of drug-likeness (QED) is 0.0940. The van der Waals surface area contributed by atoms with E-state index in [9.17, 15) is 0 Å². The van der Waals surface area contributed by atoms with Gasteiger partial charge in [0.25, 0.3) is 0 Å². The lowest BCUT2D eigenvalue weighted by Crippen LogP contribution is -2.17. The SMILES string of the molecule is CCCCCCCCCCCCCC1=NC(C)(C)CO1.CCCCCCCCCCCCCCCC1=NC(C)(C)CO1. The van der Waals surface area contributed by atoms with E-state index in [1.165, 1.54) is 154 Å². The van der Waals surface area contributed by atoms with Gasteiger partial charge in [-0.15, -0.1) is 0 Å². The number of rotatable bonds is 26. The van der Waals surface area contributed by atoms with Crippen molar-refractivity contribution in [2.24, 2.45) is 9.98 Å². The summed E-state index contributed by atoms with van der Waals surface area (Å²) in [5.74, 6) is 1.99. The van der Waals surface area contributed by atoms with Gasteiger partial charge in [-0.2, -0.15) is 0 Å². The van der Waals surface area contributed by atoms with E-state index < -0.39 is 0 Å². The Hall–Kier alpha value is -1.06. The topological polar surface area (TPSA) is 43.2 Å². The molecule has 0 unspecified atom stereocenters. The standard InChI is InChI=1S/C20H39NO.C18H35NO/c1-4-5-6-7-8-9-10-11-12-13-14-15-16-17-19-21-20(2,3)18-22-19;1-4-5-6-7-8-9-10-11-12-13-14-15-17-19-18(2,3)16-20-17/h4-18H2,1-3H3;4-16H2,1-3H3. The van der Waals surface area contributed by atoms with Crippen molar-refractivity contribution in [3.63, 3.8) is 0 Å². The molecule has 0 aromatic heterocycles. The van der Waals surface area contributed by atoms with Crippen LogP contribution in [0.15, 0.2) is 9.98 Å². The fourth-order valence-corrected chi connectivity index (χ4v) is 5.81. The number of hydrogen-bond acceptors (Lipinski definition) is 4. The Morgan fingerprint density at radius 2 is 0.643 bits per heavy atom. The second-order valence-corrected chi connectivity index (χ2v) is 14.5. The molecule has 4 heteroatoms. The molecular formula is C38H74N2O2. The van der Waals surface area contributed by atoms with Crippen molar-refractivity contribution >= 4 is 11.8 Å². The Labute approximate surface area is 263 Å². The maximum absolute atomic E-state index is 5.63. The summed E-state index contributed by atoms with van der Waals surface area (Å²) in [5, 5.41) is 0. The molecule has 0 aliphatic carbocycles. The monoisotopic (exact) mass is 591 g/mol. The summed E-state index contributed by atoms with van der Waals surface area (Å²) in [5.41, 5.74) is 0.0407. The van der Waals surface area contributed by atoms with Gasteiger partial charge < -0.3 is 9.47 Å². The van der Waals surface area contributed by atoms with Gasteiger partial charge in [-0.25, -0.2) is 9.98 Å². The molecule has 248 valence electrons. The minimum absolute atomic E-state index is 0.0197. The minimum Gasteiger partial charge on any atom is -0.478 e. The molecule has 42 heavy (non-hydrogen) atoms. The Morgan fingerprint density at radius 3 is 0.857 bits per heavy atom. The van der Waals surface area contributed by atoms with Crippen molar-refractivity contribution < 1.29 is 9.47 Å². The van der Waals surface area contributed by atoms with Gasteiger partial charge in [-0.3, -0.25) is 0 Å². The van der Waals surface area contributed by atoms with E-state index in [0.29, 0.717) is 0 Å². The minimum atomic E-state index is 0.0197. The molecular weight excluding hydrogens is 516 g/mol. The third-order valence-electron chi connectivity index (χ3n) is 8.53. The molecule has 0 bridgehead atoms. The zero-order valence-electron chi connectivity index (χ0n) is 29.5. The molecule has 0 fully saturated rings. The van der Waals surface area contributed by atoms with Crippen LogP contribution in [0.5, 0.6) is 0 Å². The van der Waals surface area contributed by atoms with Crippen molar-refractivity contribution in [1.82, 2.24) is 0 Å². The van der Waals surface area contributed by atoms with Crippen molar-refractivity contribution in [2.45, 2.75) is 220 Å². The van der Waals surface area contributed by atoms with Crippen LogP contribution in [0.1, 0.15) is 208 Å². The molecule has 0 atom stereocenters. The van der Waals surface area contributed by atoms with Gasteiger partial charge in [0.05, 0.1) is 11.1 Å². The van der Waals surface area contributed by atoms with Gasteiger partial charge in [-0.05, 0) is 40.5 Å². The predicted molar refractivity (Wildman–Crippen MR) is 186 cm³/mol. The van der Waals surface area contributed by atoms with Gasteiger partial charge in [0.15, 0.2) is 11.8 Å². The molecule has 2 heterocycles. The number of hydrogen-bond donors (Lipinski definition) is 0. The summed E-state index contributed by atoms with van der Waals surface area (Å²) < 4.78 is 11.2. The van der Waals surface area contributed by atoms with Gasteiger partial charge >= 0.3 is 0 Å². The lowest BCUT2D eigenvalue weighted by molar-refractivity contribution is 0.273. The first-order valence-electron chi connectivity index (χ1n) is 18.7. The van der Waals surface area contributed by atoms with E-state index in [4.69, 9.17) is 9.47 Å². The summed E-state index contributed by atoms with van der Waals surface area (Å²) in [6, 6.07) is 0. The third kappa shape index (κ3) is 23.4. The first-order chi connectivity index (χ1) is 20.3. The van der Waals surface area contributed by atoms with Crippen LogP contribution in [-0.4, -0.2) is 36.1 Å². The van der Waals surface area contributed by atoms with E-state index in [0.717, 1.165) is 37.9 Å². The lowest BCUT2D eigenvalue weighted by atomic mass is 10.0. The highest BCUT2D eigenvalue weighted by atomic mass is 16.5. The van der Waals surface area contributed by atoms with Crippen LogP contribution in [0.25, 0.3) is 0 Å². The number of unbranched alkanes of at least 4 members (excludes halogenated alkanes) is 22. The molecule has 0 radical (unpaired) electrons. The van der Waals surface area contributed by atoms with Crippen LogP contribution in [0, 0.1) is 0 Å². The fourth-order valence-electron chi connectivity index (χ4n) is 5.81. The molecule has 0 N–H and O–H groups in total. The predicted octanol–water partition coefficient (Wildman–Crippen LogP) is 12.6. The van der Waals surface area contributed by atoms with E-state index in [1.54, 1.807) is 0 Å². The summed E-state index contributed by atoms with van der Waals surface area (Å²) in [6.45, 7) is 14.7. The molecule has 2 rings (SSSR count). The largest absolute Gasteiger partial charge is 0.478 e. The van der Waals surface area contributed by atoms with Crippen LogP contribution < -0.4 is 0 Å². The van der Waals surface area contributed by atoms with Gasteiger partial charge in [0.2, 0.25) is 0 Å². The molecule has 0 aromatic rings. The van der Waals surface area contributed by atoms with Crippen molar-refractivity contribution in [3.05, 3.63) is 0 Å². The van der Waals surface area contributed by atoms with Crippen molar-refractivity contribution in [2.75, 3.05) is 13.2 Å². The highest BCUT2D eigenvalue weighted by molar-refractivity contribution is 5.78. The second-order valence-electron chi connectivity index (χ2n) is 14.5. The van der Waals surface area contributed by atoms with E-state index >= 15 is 0 Å². The highest BCUT2D eigenvalue weighted by Gasteiger charge is 2.26. The Balaban J connectivity index is 0.000000422. The van der Waals surface area contributed by atoms with Crippen molar-refractivity contribution in [3.8, 4) is 0 Å². The molecule has 0 amide bonds. The summed E-state index contributed by atoms with van der Waals surface area (Å²) >= 11 is 0.